The molecule has 1 aromatic rings. The number of hydrogen-bond donors (Lipinski definition) is 0. The molecule has 0 saturated carbocycles. The molecule has 1 aliphatic rings. The highest BCUT2D eigenvalue weighted by atomic mass is 19.1. The minimum atomic E-state index is -0.496. The third kappa shape index (κ3) is 4.84. The molecule has 1 saturated heterocycles. The number of ether oxygens (including phenoxy) is 2. The average molecular weight is 324 g/mol. The lowest BCUT2D eigenvalue weighted by Gasteiger charge is -2.21. The third-order valence-electron chi connectivity index (χ3n) is 3.56. The van der Waals surface area contributed by atoms with Gasteiger partial charge in [-0.25, -0.2) is 9.18 Å². The number of carbonyl (C=O) groups excluding carboxylic acids is 2. The zero-order valence-electron chi connectivity index (χ0n) is 13.2. The largest absolute Gasteiger partial charge is 0.481 e. The van der Waals surface area contributed by atoms with Crippen LogP contribution in [0.3, 0.4) is 0 Å². The van der Waals surface area contributed by atoms with Crippen molar-refractivity contribution < 1.29 is 23.5 Å². The highest BCUT2D eigenvalue weighted by Gasteiger charge is 2.23. The Morgan fingerprint density at radius 2 is 1.83 bits per heavy atom. The smallest absolute Gasteiger partial charge is 0.409 e. The first-order valence-corrected chi connectivity index (χ1v) is 7.68. The Kier molecular flexibility index (Phi) is 6.19. The summed E-state index contributed by atoms with van der Waals surface area (Å²) in [5.74, 6) is -0.660. The van der Waals surface area contributed by atoms with Crippen molar-refractivity contribution in [1.82, 2.24) is 9.80 Å². The van der Waals surface area contributed by atoms with E-state index < -0.39 is 5.82 Å². The molecule has 0 unspecified atom stereocenters. The maximum Gasteiger partial charge on any atom is 0.409 e. The number of benzene rings is 1. The van der Waals surface area contributed by atoms with Gasteiger partial charge in [0.15, 0.2) is 18.2 Å². The van der Waals surface area contributed by atoms with E-state index in [9.17, 15) is 14.0 Å². The molecule has 2 amide bonds. The van der Waals surface area contributed by atoms with Gasteiger partial charge in [-0.1, -0.05) is 12.1 Å². The fourth-order valence-electron chi connectivity index (χ4n) is 2.36. The molecule has 1 aromatic carbocycles. The number of rotatable bonds is 4. The maximum atomic E-state index is 13.5. The van der Waals surface area contributed by atoms with Crippen LogP contribution in [0.5, 0.6) is 5.75 Å². The monoisotopic (exact) mass is 324 g/mol. The molecule has 0 bridgehead atoms. The minimum absolute atomic E-state index is 0.0591. The van der Waals surface area contributed by atoms with Crippen LogP contribution in [-0.2, 0) is 9.53 Å². The fraction of sp³-hybridized carbons (Fsp3) is 0.500. The Hall–Kier alpha value is -2.31. The Balaban J connectivity index is 1.83. The molecular formula is C16H21FN2O4. The second-order valence-electron chi connectivity index (χ2n) is 5.14. The first kappa shape index (κ1) is 17.1. The van der Waals surface area contributed by atoms with E-state index in [1.165, 1.54) is 12.1 Å². The van der Waals surface area contributed by atoms with E-state index in [0.29, 0.717) is 39.2 Å². The van der Waals surface area contributed by atoms with Crippen LogP contribution in [0.15, 0.2) is 24.3 Å². The summed E-state index contributed by atoms with van der Waals surface area (Å²) in [6, 6.07) is 5.96. The molecule has 0 atom stereocenters. The molecule has 1 fully saturated rings. The van der Waals surface area contributed by atoms with Gasteiger partial charge >= 0.3 is 6.09 Å². The van der Waals surface area contributed by atoms with Crippen molar-refractivity contribution in [3.63, 3.8) is 0 Å². The van der Waals surface area contributed by atoms with E-state index in [-0.39, 0.29) is 24.4 Å². The predicted molar refractivity (Wildman–Crippen MR) is 81.7 cm³/mol. The predicted octanol–water partition coefficient (Wildman–Crippen LogP) is 1.90. The second kappa shape index (κ2) is 8.36. The van der Waals surface area contributed by atoms with Crippen LogP contribution < -0.4 is 4.74 Å². The van der Waals surface area contributed by atoms with Gasteiger partial charge in [-0.15, -0.1) is 0 Å². The lowest BCUT2D eigenvalue weighted by molar-refractivity contribution is -0.133. The van der Waals surface area contributed by atoms with Gasteiger partial charge in [-0.05, 0) is 25.5 Å². The van der Waals surface area contributed by atoms with Crippen molar-refractivity contribution >= 4 is 12.0 Å². The van der Waals surface area contributed by atoms with Crippen LogP contribution in [0.25, 0.3) is 0 Å². The van der Waals surface area contributed by atoms with Crippen LogP contribution >= 0.6 is 0 Å². The molecule has 23 heavy (non-hydrogen) atoms. The quantitative estimate of drug-likeness (QED) is 0.849. The van der Waals surface area contributed by atoms with Gasteiger partial charge in [-0.2, -0.15) is 0 Å². The summed E-state index contributed by atoms with van der Waals surface area (Å²) in [7, 11) is 0. The van der Waals surface area contributed by atoms with Crippen molar-refractivity contribution in [2.24, 2.45) is 0 Å². The standard InChI is InChI=1S/C16H21FN2O4/c1-2-22-16(21)19-9-5-8-18(10-11-19)15(20)12-23-14-7-4-3-6-13(14)17/h3-4,6-7H,2,5,8-12H2,1H3. The van der Waals surface area contributed by atoms with Crippen molar-refractivity contribution in [1.29, 1.82) is 0 Å². The first-order valence-electron chi connectivity index (χ1n) is 7.68. The van der Waals surface area contributed by atoms with Gasteiger partial charge in [0, 0.05) is 26.2 Å². The molecular weight excluding hydrogens is 303 g/mol. The van der Waals surface area contributed by atoms with Gasteiger partial charge in [0.05, 0.1) is 6.61 Å². The van der Waals surface area contributed by atoms with Crippen molar-refractivity contribution in [3.05, 3.63) is 30.1 Å². The summed E-state index contributed by atoms with van der Waals surface area (Å²) in [6.07, 6.45) is 0.314. The second-order valence-corrected chi connectivity index (χ2v) is 5.14. The van der Waals surface area contributed by atoms with Crippen LogP contribution in [0, 0.1) is 5.82 Å². The van der Waals surface area contributed by atoms with Crippen LogP contribution in [-0.4, -0.2) is 61.2 Å². The number of nitrogens with zero attached hydrogens (tertiary/aromatic N) is 2. The first-order chi connectivity index (χ1) is 11.1. The normalized spacial score (nSPS) is 15.0. The summed E-state index contributed by atoms with van der Waals surface area (Å²) in [5.41, 5.74) is 0. The van der Waals surface area contributed by atoms with E-state index in [2.05, 4.69) is 0 Å². The van der Waals surface area contributed by atoms with E-state index in [4.69, 9.17) is 9.47 Å². The molecule has 0 spiro atoms. The number of carbonyl (C=O) groups is 2. The summed E-state index contributed by atoms with van der Waals surface area (Å²) >= 11 is 0. The van der Waals surface area contributed by atoms with Crippen LogP contribution in [0.2, 0.25) is 0 Å². The van der Waals surface area contributed by atoms with Gasteiger partial charge in [-0.3, -0.25) is 4.79 Å². The van der Waals surface area contributed by atoms with Gasteiger partial charge in [0.1, 0.15) is 0 Å². The summed E-state index contributed by atoms with van der Waals surface area (Å²) in [6.45, 7) is 3.79. The number of para-hydroxylation sites is 1. The Bertz CT molecular complexity index is 553. The van der Waals surface area contributed by atoms with Crippen LogP contribution in [0.1, 0.15) is 13.3 Å². The summed E-state index contributed by atoms with van der Waals surface area (Å²) in [4.78, 5) is 27.1. The topological polar surface area (TPSA) is 59.1 Å². The number of halogens is 1. The maximum absolute atomic E-state index is 13.5. The Morgan fingerprint density at radius 1 is 1.13 bits per heavy atom. The molecule has 126 valence electrons. The van der Waals surface area contributed by atoms with Gasteiger partial charge in [0.2, 0.25) is 0 Å². The van der Waals surface area contributed by atoms with Crippen LogP contribution in [0.4, 0.5) is 9.18 Å². The molecule has 0 N–H and O–H groups in total. The van der Waals surface area contributed by atoms with E-state index in [1.54, 1.807) is 28.9 Å². The lowest BCUT2D eigenvalue weighted by Crippen LogP contribution is -2.39. The third-order valence-corrected chi connectivity index (χ3v) is 3.56. The Morgan fingerprint density at radius 3 is 2.57 bits per heavy atom. The molecule has 6 nitrogen and oxygen atoms in total. The molecule has 7 heteroatoms. The molecule has 0 aliphatic carbocycles. The molecule has 0 radical (unpaired) electrons. The number of hydrogen-bond acceptors (Lipinski definition) is 4. The highest BCUT2D eigenvalue weighted by molar-refractivity contribution is 5.78. The Labute approximate surface area is 134 Å². The van der Waals surface area contributed by atoms with Crippen molar-refractivity contribution in [2.75, 3.05) is 39.4 Å². The van der Waals surface area contributed by atoms with Crippen molar-refractivity contribution in [2.45, 2.75) is 13.3 Å². The average Bonchev–Trinajstić information content (AvgIpc) is 2.80. The zero-order chi connectivity index (χ0) is 16.7. The lowest BCUT2D eigenvalue weighted by atomic mass is 10.3. The van der Waals surface area contributed by atoms with Gasteiger partial charge < -0.3 is 19.3 Å². The summed E-state index contributed by atoms with van der Waals surface area (Å²) < 4.78 is 23.7. The number of amides is 2. The molecule has 1 aliphatic heterocycles. The SMILES string of the molecule is CCOC(=O)N1CCCN(C(=O)COc2ccccc2F)CC1. The minimum Gasteiger partial charge on any atom is -0.481 e. The van der Waals surface area contributed by atoms with E-state index >= 15 is 0 Å². The molecule has 1 heterocycles. The van der Waals surface area contributed by atoms with E-state index in [1.807, 2.05) is 0 Å². The van der Waals surface area contributed by atoms with Gasteiger partial charge in [0.25, 0.3) is 5.91 Å². The molecule has 2 rings (SSSR count). The van der Waals surface area contributed by atoms with E-state index in [0.717, 1.165) is 0 Å². The zero-order valence-corrected chi connectivity index (χ0v) is 13.2. The fourth-order valence-corrected chi connectivity index (χ4v) is 2.36. The highest BCUT2D eigenvalue weighted by Crippen LogP contribution is 2.15. The summed E-state index contributed by atoms with van der Waals surface area (Å²) in [5, 5.41) is 0. The molecule has 0 aromatic heterocycles. The van der Waals surface area contributed by atoms with Crippen molar-refractivity contribution in [3.8, 4) is 5.75 Å².